The number of hydrogen-bond acceptors (Lipinski definition) is 5. The van der Waals surface area contributed by atoms with Crippen LogP contribution in [-0.2, 0) is 4.79 Å². The molecule has 144 valence electrons. The molecule has 0 fully saturated rings. The van der Waals surface area contributed by atoms with E-state index in [4.69, 9.17) is 9.47 Å². The maximum atomic E-state index is 12.8. The SMILES string of the molecule is CC(C)[C@H](NC(=O)c1cccs1)C(=O)N[C@H](C)c1ccc2c(c1)OCCO2. The first kappa shape index (κ1) is 19.2. The monoisotopic (exact) mass is 388 g/mol. The summed E-state index contributed by atoms with van der Waals surface area (Å²) in [5.41, 5.74) is 0.916. The van der Waals surface area contributed by atoms with E-state index in [1.54, 1.807) is 6.07 Å². The highest BCUT2D eigenvalue weighted by Gasteiger charge is 2.26. The first-order valence-electron chi connectivity index (χ1n) is 9.00. The molecule has 0 bridgehead atoms. The molecule has 2 heterocycles. The molecule has 2 aromatic rings. The standard InChI is InChI=1S/C20H24N2O4S/c1-12(2)18(22-19(23)17-5-4-10-27-17)20(24)21-13(3)14-6-7-15-16(11-14)26-9-8-25-15/h4-7,10-13,18H,8-9H2,1-3H3,(H,21,24)(H,22,23)/t13-,18+/m1/s1. The topological polar surface area (TPSA) is 76.7 Å². The number of benzene rings is 1. The van der Waals surface area contributed by atoms with Crippen molar-refractivity contribution in [2.24, 2.45) is 5.92 Å². The number of amides is 2. The third-order valence-electron chi connectivity index (χ3n) is 4.41. The zero-order chi connectivity index (χ0) is 19.4. The lowest BCUT2D eigenvalue weighted by molar-refractivity contribution is -0.124. The summed E-state index contributed by atoms with van der Waals surface area (Å²) >= 11 is 1.35. The molecule has 3 rings (SSSR count). The Labute approximate surface area is 162 Å². The summed E-state index contributed by atoms with van der Waals surface area (Å²) in [4.78, 5) is 25.7. The van der Waals surface area contributed by atoms with Crippen LogP contribution in [0.25, 0.3) is 0 Å². The molecule has 2 N–H and O–H groups in total. The third kappa shape index (κ3) is 4.60. The first-order valence-corrected chi connectivity index (χ1v) is 9.88. The minimum absolute atomic E-state index is 0.0404. The smallest absolute Gasteiger partial charge is 0.262 e. The van der Waals surface area contributed by atoms with Gasteiger partial charge in [-0.1, -0.05) is 26.0 Å². The predicted molar refractivity (Wildman–Crippen MR) is 104 cm³/mol. The van der Waals surface area contributed by atoms with Crippen LogP contribution < -0.4 is 20.1 Å². The molecule has 7 heteroatoms. The summed E-state index contributed by atoms with van der Waals surface area (Å²) in [6.07, 6.45) is 0. The average Bonchev–Trinajstić information content (AvgIpc) is 3.20. The summed E-state index contributed by atoms with van der Waals surface area (Å²) in [6, 6.07) is 8.36. The van der Waals surface area contributed by atoms with Gasteiger partial charge in [0, 0.05) is 0 Å². The van der Waals surface area contributed by atoms with E-state index in [0.717, 1.165) is 5.56 Å². The summed E-state index contributed by atoms with van der Waals surface area (Å²) in [7, 11) is 0. The number of carbonyl (C=O) groups is 2. The molecule has 0 spiro atoms. The second-order valence-corrected chi connectivity index (χ2v) is 7.75. The minimum Gasteiger partial charge on any atom is -0.486 e. The fourth-order valence-electron chi connectivity index (χ4n) is 2.87. The van der Waals surface area contributed by atoms with Crippen LogP contribution in [0.3, 0.4) is 0 Å². The molecule has 2 amide bonds. The number of fused-ring (bicyclic) bond motifs is 1. The van der Waals surface area contributed by atoms with E-state index >= 15 is 0 Å². The van der Waals surface area contributed by atoms with Gasteiger partial charge < -0.3 is 20.1 Å². The van der Waals surface area contributed by atoms with Gasteiger partial charge in [-0.05, 0) is 42.0 Å². The first-order chi connectivity index (χ1) is 13.0. The van der Waals surface area contributed by atoms with Crippen molar-refractivity contribution in [2.45, 2.75) is 32.9 Å². The van der Waals surface area contributed by atoms with E-state index in [0.29, 0.717) is 29.6 Å². The zero-order valence-electron chi connectivity index (χ0n) is 15.7. The van der Waals surface area contributed by atoms with E-state index in [9.17, 15) is 9.59 Å². The maximum absolute atomic E-state index is 12.8. The van der Waals surface area contributed by atoms with Crippen LogP contribution in [0.1, 0.15) is 42.0 Å². The van der Waals surface area contributed by atoms with Gasteiger partial charge in [0.05, 0.1) is 10.9 Å². The predicted octanol–water partition coefficient (Wildman–Crippen LogP) is 3.15. The maximum Gasteiger partial charge on any atom is 0.262 e. The van der Waals surface area contributed by atoms with E-state index in [1.165, 1.54) is 11.3 Å². The van der Waals surface area contributed by atoms with E-state index in [1.807, 2.05) is 50.4 Å². The van der Waals surface area contributed by atoms with Gasteiger partial charge in [-0.3, -0.25) is 9.59 Å². The van der Waals surface area contributed by atoms with Crippen LogP contribution in [0.4, 0.5) is 0 Å². The molecule has 2 atom stereocenters. The Balaban J connectivity index is 1.67. The highest BCUT2D eigenvalue weighted by Crippen LogP contribution is 2.32. The molecule has 0 saturated heterocycles. The van der Waals surface area contributed by atoms with Crippen molar-refractivity contribution in [3.05, 3.63) is 46.2 Å². The number of rotatable bonds is 6. The van der Waals surface area contributed by atoms with Crippen molar-refractivity contribution in [2.75, 3.05) is 13.2 Å². The lowest BCUT2D eigenvalue weighted by Crippen LogP contribution is -2.50. The van der Waals surface area contributed by atoms with Gasteiger partial charge in [-0.2, -0.15) is 0 Å². The fraction of sp³-hybridized carbons (Fsp3) is 0.400. The Morgan fingerprint density at radius 2 is 1.78 bits per heavy atom. The Bertz CT molecular complexity index is 804. The molecule has 1 aromatic carbocycles. The molecule has 0 unspecified atom stereocenters. The quantitative estimate of drug-likeness (QED) is 0.797. The lowest BCUT2D eigenvalue weighted by Gasteiger charge is -2.25. The number of hydrogen-bond donors (Lipinski definition) is 2. The Morgan fingerprint density at radius 1 is 1.04 bits per heavy atom. The van der Waals surface area contributed by atoms with E-state index in [-0.39, 0.29) is 23.8 Å². The van der Waals surface area contributed by atoms with Gasteiger partial charge in [0.2, 0.25) is 5.91 Å². The Hall–Kier alpha value is -2.54. The van der Waals surface area contributed by atoms with Gasteiger partial charge in [-0.15, -0.1) is 11.3 Å². The highest BCUT2D eigenvalue weighted by atomic mass is 32.1. The second kappa shape index (κ2) is 8.43. The van der Waals surface area contributed by atoms with E-state index < -0.39 is 6.04 Å². The second-order valence-electron chi connectivity index (χ2n) is 6.81. The summed E-state index contributed by atoms with van der Waals surface area (Å²) in [5, 5.41) is 7.67. The van der Waals surface area contributed by atoms with Gasteiger partial charge in [-0.25, -0.2) is 0 Å². The summed E-state index contributed by atoms with van der Waals surface area (Å²) < 4.78 is 11.1. The van der Waals surface area contributed by atoms with Crippen molar-refractivity contribution in [1.29, 1.82) is 0 Å². The molecule has 1 aromatic heterocycles. The zero-order valence-corrected chi connectivity index (χ0v) is 16.5. The molecule has 6 nitrogen and oxygen atoms in total. The lowest BCUT2D eigenvalue weighted by atomic mass is 10.0. The Kier molecular flexibility index (Phi) is 6.01. The van der Waals surface area contributed by atoms with Crippen molar-refractivity contribution in [3.8, 4) is 11.5 Å². The number of ether oxygens (including phenoxy) is 2. The average molecular weight is 388 g/mol. The van der Waals surface area contributed by atoms with Crippen LogP contribution >= 0.6 is 11.3 Å². The van der Waals surface area contributed by atoms with Crippen LogP contribution in [0.2, 0.25) is 0 Å². The van der Waals surface area contributed by atoms with Crippen molar-refractivity contribution in [3.63, 3.8) is 0 Å². The summed E-state index contributed by atoms with van der Waals surface area (Å²) in [6.45, 7) is 6.78. The number of nitrogens with one attached hydrogen (secondary N) is 2. The van der Waals surface area contributed by atoms with Crippen molar-refractivity contribution in [1.82, 2.24) is 10.6 Å². The molecular weight excluding hydrogens is 364 g/mol. The molecule has 1 aliphatic rings. The normalized spacial score (nSPS) is 15.1. The van der Waals surface area contributed by atoms with Crippen LogP contribution in [0.5, 0.6) is 11.5 Å². The number of carbonyl (C=O) groups excluding carboxylic acids is 2. The van der Waals surface area contributed by atoms with Crippen LogP contribution in [0, 0.1) is 5.92 Å². The van der Waals surface area contributed by atoms with E-state index in [2.05, 4.69) is 10.6 Å². The van der Waals surface area contributed by atoms with Gasteiger partial charge >= 0.3 is 0 Å². The largest absolute Gasteiger partial charge is 0.486 e. The molecule has 27 heavy (non-hydrogen) atoms. The van der Waals surface area contributed by atoms with Gasteiger partial charge in [0.25, 0.3) is 5.91 Å². The molecular formula is C20H24N2O4S. The van der Waals surface area contributed by atoms with Gasteiger partial charge in [0.15, 0.2) is 11.5 Å². The number of thiophene rings is 1. The molecule has 0 radical (unpaired) electrons. The molecule has 1 aliphatic heterocycles. The van der Waals surface area contributed by atoms with Crippen molar-refractivity contribution < 1.29 is 19.1 Å². The summed E-state index contributed by atoms with van der Waals surface area (Å²) in [5.74, 6) is 0.919. The third-order valence-corrected chi connectivity index (χ3v) is 5.27. The van der Waals surface area contributed by atoms with Gasteiger partial charge in [0.1, 0.15) is 19.3 Å². The van der Waals surface area contributed by atoms with Crippen molar-refractivity contribution >= 4 is 23.2 Å². The molecule has 0 saturated carbocycles. The highest BCUT2D eigenvalue weighted by molar-refractivity contribution is 7.12. The molecule has 0 aliphatic carbocycles. The van der Waals surface area contributed by atoms with Crippen LogP contribution in [-0.4, -0.2) is 31.1 Å². The van der Waals surface area contributed by atoms with Crippen LogP contribution in [0.15, 0.2) is 35.7 Å². The minimum atomic E-state index is -0.612. The fourth-order valence-corrected chi connectivity index (χ4v) is 3.50. The Morgan fingerprint density at radius 3 is 2.44 bits per heavy atom.